The fourth-order valence-corrected chi connectivity index (χ4v) is 4.09. The van der Waals surface area contributed by atoms with E-state index in [1.807, 2.05) is 12.2 Å². The van der Waals surface area contributed by atoms with E-state index in [9.17, 15) is 14.4 Å². The van der Waals surface area contributed by atoms with Crippen molar-refractivity contribution in [3.05, 3.63) is 42.0 Å². The first-order valence-corrected chi connectivity index (χ1v) is 7.37. The number of carbonyl (C=O) groups is 3. The quantitative estimate of drug-likeness (QED) is 0.474. The number of benzene rings is 1. The van der Waals surface area contributed by atoms with Gasteiger partial charge in [-0.15, -0.1) is 0 Å². The first kappa shape index (κ1) is 13.2. The number of carbonyl (C=O) groups excluding carboxylic acids is 3. The minimum Gasteiger partial charge on any atom is -0.465 e. The average Bonchev–Trinajstić information content (AvgIpc) is 3.21. The number of ether oxygens (including phenoxy) is 1. The Kier molecular flexibility index (Phi) is 2.73. The molecule has 2 aliphatic carbocycles. The number of para-hydroxylation sites is 1. The maximum Gasteiger partial charge on any atom is 0.339 e. The average molecular weight is 297 g/mol. The van der Waals surface area contributed by atoms with Gasteiger partial charge in [-0.25, -0.2) is 9.69 Å². The van der Waals surface area contributed by atoms with Crippen LogP contribution in [0.5, 0.6) is 0 Å². The summed E-state index contributed by atoms with van der Waals surface area (Å²) in [6.45, 7) is 0. The molecule has 2 amide bonds. The molecule has 5 nitrogen and oxygen atoms in total. The van der Waals surface area contributed by atoms with Gasteiger partial charge in [-0.2, -0.15) is 0 Å². The van der Waals surface area contributed by atoms with Crippen molar-refractivity contribution in [2.24, 2.45) is 23.7 Å². The second-order valence-corrected chi connectivity index (χ2v) is 6.02. The number of amides is 2. The Labute approximate surface area is 127 Å². The molecule has 1 saturated carbocycles. The molecule has 22 heavy (non-hydrogen) atoms. The smallest absolute Gasteiger partial charge is 0.339 e. The Morgan fingerprint density at radius 1 is 1.09 bits per heavy atom. The van der Waals surface area contributed by atoms with E-state index < -0.39 is 5.97 Å². The summed E-state index contributed by atoms with van der Waals surface area (Å²) in [6.07, 6.45) is 4.98. The molecule has 5 heteroatoms. The number of hydrogen-bond donors (Lipinski definition) is 0. The van der Waals surface area contributed by atoms with Crippen LogP contribution in [-0.4, -0.2) is 24.9 Å². The zero-order valence-electron chi connectivity index (χ0n) is 12.1. The van der Waals surface area contributed by atoms with Crippen molar-refractivity contribution in [3.63, 3.8) is 0 Å². The van der Waals surface area contributed by atoms with Crippen LogP contribution in [0, 0.1) is 23.7 Å². The van der Waals surface area contributed by atoms with Gasteiger partial charge in [-0.05, 0) is 30.4 Å². The Hall–Kier alpha value is -2.43. The third kappa shape index (κ3) is 1.56. The van der Waals surface area contributed by atoms with Crippen LogP contribution in [-0.2, 0) is 14.3 Å². The number of fused-ring (bicyclic) bond motifs is 5. The molecule has 1 aromatic rings. The van der Waals surface area contributed by atoms with Crippen LogP contribution in [0.1, 0.15) is 16.8 Å². The monoisotopic (exact) mass is 297 g/mol. The van der Waals surface area contributed by atoms with Gasteiger partial charge in [0.05, 0.1) is 30.2 Å². The van der Waals surface area contributed by atoms with Gasteiger partial charge in [0.25, 0.3) is 0 Å². The minimum absolute atomic E-state index is 0.154. The van der Waals surface area contributed by atoms with Crippen molar-refractivity contribution in [3.8, 4) is 0 Å². The molecule has 1 saturated heterocycles. The molecule has 0 aromatic heterocycles. The van der Waals surface area contributed by atoms with Crippen LogP contribution >= 0.6 is 0 Å². The Morgan fingerprint density at radius 2 is 1.68 bits per heavy atom. The molecule has 4 atom stereocenters. The van der Waals surface area contributed by atoms with E-state index >= 15 is 0 Å². The van der Waals surface area contributed by atoms with Crippen LogP contribution in [0.4, 0.5) is 5.69 Å². The maximum absolute atomic E-state index is 12.8. The Balaban J connectivity index is 1.78. The summed E-state index contributed by atoms with van der Waals surface area (Å²) < 4.78 is 4.76. The molecule has 112 valence electrons. The lowest BCUT2D eigenvalue weighted by Gasteiger charge is -2.19. The van der Waals surface area contributed by atoms with E-state index in [1.165, 1.54) is 12.0 Å². The van der Waals surface area contributed by atoms with E-state index in [4.69, 9.17) is 4.74 Å². The van der Waals surface area contributed by atoms with Crippen molar-refractivity contribution in [1.82, 2.24) is 0 Å². The van der Waals surface area contributed by atoms with Crippen LogP contribution in [0.25, 0.3) is 0 Å². The summed E-state index contributed by atoms with van der Waals surface area (Å²) >= 11 is 0. The van der Waals surface area contributed by atoms with Gasteiger partial charge >= 0.3 is 5.97 Å². The lowest BCUT2D eigenvalue weighted by Crippen LogP contribution is -2.34. The number of esters is 1. The van der Waals surface area contributed by atoms with E-state index in [0.717, 1.165) is 6.42 Å². The molecule has 2 fully saturated rings. The minimum atomic E-state index is -0.547. The highest BCUT2D eigenvalue weighted by molar-refractivity contribution is 6.24. The molecule has 2 bridgehead atoms. The number of rotatable bonds is 2. The summed E-state index contributed by atoms with van der Waals surface area (Å²) in [5.74, 6) is -1.16. The second-order valence-electron chi connectivity index (χ2n) is 6.02. The van der Waals surface area contributed by atoms with Crippen molar-refractivity contribution < 1.29 is 19.1 Å². The largest absolute Gasteiger partial charge is 0.465 e. The van der Waals surface area contributed by atoms with E-state index in [2.05, 4.69) is 0 Å². The number of nitrogens with zero attached hydrogens (tertiary/aromatic N) is 1. The molecule has 1 aromatic carbocycles. The summed E-state index contributed by atoms with van der Waals surface area (Å²) in [5, 5.41) is 0. The molecule has 0 radical (unpaired) electrons. The fraction of sp³-hybridized carbons (Fsp3) is 0.353. The zero-order chi connectivity index (χ0) is 15.4. The molecular formula is C17H15NO4. The van der Waals surface area contributed by atoms with Gasteiger partial charge in [-0.3, -0.25) is 9.59 Å². The maximum atomic E-state index is 12.8. The number of anilines is 1. The molecule has 1 heterocycles. The summed E-state index contributed by atoms with van der Waals surface area (Å²) in [4.78, 5) is 38.6. The number of imide groups is 1. The topological polar surface area (TPSA) is 63.7 Å². The van der Waals surface area contributed by atoms with Crippen molar-refractivity contribution in [2.75, 3.05) is 12.0 Å². The fourth-order valence-electron chi connectivity index (χ4n) is 4.09. The Bertz CT molecular complexity index is 693. The van der Waals surface area contributed by atoms with Gasteiger partial charge in [0, 0.05) is 0 Å². The van der Waals surface area contributed by atoms with Gasteiger partial charge in [0.2, 0.25) is 11.8 Å². The predicted octanol–water partition coefficient (Wildman–Crippen LogP) is 1.78. The summed E-state index contributed by atoms with van der Waals surface area (Å²) in [6, 6.07) is 6.59. The zero-order valence-corrected chi connectivity index (χ0v) is 12.1. The summed E-state index contributed by atoms with van der Waals surface area (Å²) in [5.41, 5.74) is 0.574. The highest BCUT2D eigenvalue weighted by Crippen LogP contribution is 2.53. The van der Waals surface area contributed by atoms with E-state index in [1.54, 1.807) is 24.3 Å². The van der Waals surface area contributed by atoms with Gasteiger partial charge in [-0.1, -0.05) is 24.3 Å². The molecule has 1 aliphatic heterocycles. The van der Waals surface area contributed by atoms with Crippen molar-refractivity contribution in [1.29, 1.82) is 0 Å². The van der Waals surface area contributed by atoms with E-state index in [0.29, 0.717) is 5.69 Å². The Morgan fingerprint density at radius 3 is 2.27 bits per heavy atom. The van der Waals surface area contributed by atoms with Crippen LogP contribution in [0.15, 0.2) is 36.4 Å². The van der Waals surface area contributed by atoms with Crippen molar-refractivity contribution >= 4 is 23.5 Å². The molecule has 4 rings (SSSR count). The summed E-state index contributed by atoms with van der Waals surface area (Å²) in [7, 11) is 1.28. The highest BCUT2D eigenvalue weighted by Gasteiger charge is 2.59. The lowest BCUT2D eigenvalue weighted by atomic mass is 9.85. The number of methoxy groups -OCH3 is 1. The van der Waals surface area contributed by atoms with Gasteiger partial charge < -0.3 is 4.74 Å². The van der Waals surface area contributed by atoms with E-state index in [-0.39, 0.29) is 41.0 Å². The normalized spacial score (nSPS) is 31.8. The molecule has 0 unspecified atom stereocenters. The van der Waals surface area contributed by atoms with Crippen LogP contribution in [0.3, 0.4) is 0 Å². The number of hydrogen-bond acceptors (Lipinski definition) is 4. The third-order valence-corrected chi connectivity index (χ3v) is 5.02. The third-order valence-electron chi connectivity index (χ3n) is 5.02. The molecule has 0 N–H and O–H groups in total. The van der Waals surface area contributed by atoms with Crippen LogP contribution < -0.4 is 4.90 Å². The number of allylic oxidation sites excluding steroid dienone is 2. The molecule has 3 aliphatic rings. The first-order chi connectivity index (χ1) is 10.6. The highest BCUT2D eigenvalue weighted by atomic mass is 16.5. The first-order valence-electron chi connectivity index (χ1n) is 7.37. The van der Waals surface area contributed by atoms with Crippen LogP contribution in [0.2, 0.25) is 0 Å². The predicted molar refractivity (Wildman–Crippen MR) is 78.0 cm³/mol. The van der Waals surface area contributed by atoms with Gasteiger partial charge in [0.1, 0.15) is 0 Å². The van der Waals surface area contributed by atoms with Gasteiger partial charge in [0.15, 0.2) is 0 Å². The second kappa shape index (κ2) is 4.53. The SMILES string of the molecule is COC(=O)c1ccccc1N1C(=O)[C@@H]2[C@@H](C1=O)[C@@H]1C=C[C@@H]2C1. The lowest BCUT2D eigenvalue weighted by molar-refractivity contribution is -0.123. The molecular weight excluding hydrogens is 282 g/mol. The van der Waals surface area contributed by atoms with Crippen molar-refractivity contribution in [2.45, 2.75) is 6.42 Å². The standard InChI is InChI=1S/C17H15NO4/c1-22-17(21)11-4-2-3-5-12(11)18-15(19)13-9-6-7-10(8-9)14(13)16(18)20/h2-7,9-10,13-14H,8H2,1H3/t9-,10-,13+,14+/m1/s1. The molecule has 0 spiro atoms.